The van der Waals surface area contributed by atoms with Crippen LogP contribution < -0.4 is 4.74 Å². The van der Waals surface area contributed by atoms with Gasteiger partial charge in [-0.25, -0.2) is 0 Å². The van der Waals surface area contributed by atoms with Crippen molar-refractivity contribution in [1.29, 1.82) is 0 Å². The predicted octanol–water partition coefficient (Wildman–Crippen LogP) is 2.99. The number of carbonyl (C=O) groups is 2. The highest BCUT2D eigenvalue weighted by Gasteiger charge is 2.23. The average Bonchev–Trinajstić information content (AvgIpc) is 2.64. The van der Waals surface area contributed by atoms with Gasteiger partial charge in [-0.2, -0.15) is 0 Å². The molecule has 25 heavy (non-hydrogen) atoms. The summed E-state index contributed by atoms with van der Waals surface area (Å²) in [4.78, 5) is 29.2. The Bertz CT molecular complexity index is 718. The number of aliphatic carboxylic acids is 1. The van der Waals surface area contributed by atoms with Gasteiger partial charge in [0.25, 0.3) is 5.91 Å². The Morgan fingerprint density at radius 1 is 1.28 bits per heavy atom. The molecule has 0 spiro atoms. The van der Waals surface area contributed by atoms with Gasteiger partial charge in [-0.1, -0.05) is 19.1 Å². The Morgan fingerprint density at radius 3 is 2.72 bits per heavy atom. The molecule has 0 aliphatic rings. The third kappa shape index (κ3) is 5.31. The van der Waals surface area contributed by atoms with E-state index in [0.717, 1.165) is 5.56 Å². The number of hydrogen-bond donors (Lipinski definition) is 1. The second-order valence-corrected chi connectivity index (χ2v) is 5.76. The maximum atomic E-state index is 12.7. The lowest BCUT2D eigenvalue weighted by atomic mass is 10.1. The monoisotopic (exact) mass is 342 g/mol. The van der Waals surface area contributed by atoms with Crippen LogP contribution in [0.1, 0.15) is 36.2 Å². The Morgan fingerprint density at radius 2 is 2.08 bits per heavy atom. The molecule has 0 saturated heterocycles. The Balaban J connectivity index is 2.12. The van der Waals surface area contributed by atoms with E-state index in [0.29, 0.717) is 24.3 Å². The molecule has 0 saturated carbocycles. The summed E-state index contributed by atoms with van der Waals surface area (Å²) in [5.41, 5.74) is 1.33. The fourth-order valence-corrected chi connectivity index (χ4v) is 2.33. The van der Waals surface area contributed by atoms with Gasteiger partial charge in [0, 0.05) is 29.6 Å². The Labute approximate surface area is 147 Å². The molecule has 6 nitrogen and oxygen atoms in total. The number of benzene rings is 1. The van der Waals surface area contributed by atoms with Crippen molar-refractivity contribution in [3.8, 4) is 5.75 Å². The van der Waals surface area contributed by atoms with Crippen LogP contribution in [0.15, 0.2) is 48.8 Å². The number of carboxylic acids is 1. The first kappa shape index (κ1) is 18.4. The summed E-state index contributed by atoms with van der Waals surface area (Å²) in [5, 5.41) is 9.06. The summed E-state index contributed by atoms with van der Waals surface area (Å²) in [5.74, 6) is -0.796. The van der Waals surface area contributed by atoms with Crippen LogP contribution in [-0.4, -0.2) is 39.5 Å². The van der Waals surface area contributed by atoms with Gasteiger partial charge < -0.3 is 14.7 Å². The number of ether oxygens (including phenoxy) is 1. The third-order valence-electron chi connectivity index (χ3n) is 3.90. The summed E-state index contributed by atoms with van der Waals surface area (Å²) >= 11 is 0. The van der Waals surface area contributed by atoms with Crippen LogP contribution in [0.3, 0.4) is 0 Å². The number of aromatic nitrogens is 1. The number of hydrogen-bond acceptors (Lipinski definition) is 4. The largest absolute Gasteiger partial charge is 0.489 e. The lowest BCUT2D eigenvalue weighted by molar-refractivity contribution is -0.138. The minimum absolute atomic E-state index is 0.163. The summed E-state index contributed by atoms with van der Waals surface area (Å²) in [6.07, 6.45) is 4.08. The molecule has 0 bridgehead atoms. The lowest BCUT2D eigenvalue weighted by Gasteiger charge is -2.27. The highest BCUT2D eigenvalue weighted by Crippen LogP contribution is 2.18. The minimum atomic E-state index is -1.03. The van der Waals surface area contributed by atoms with Gasteiger partial charge in [-0.3, -0.25) is 14.6 Å². The van der Waals surface area contributed by atoms with E-state index in [2.05, 4.69) is 4.98 Å². The first-order valence-electron chi connectivity index (χ1n) is 8.15. The van der Waals surface area contributed by atoms with E-state index < -0.39 is 5.97 Å². The fourth-order valence-electron chi connectivity index (χ4n) is 2.33. The average molecular weight is 342 g/mol. The second-order valence-electron chi connectivity index (χ2n) is 5.76. The molecule has 132 valence electrons. The van der Waals surface area contributed by atoms with Crippen LogP contribution >= 0.6 is 0 Å². The molecule has 1 aromatic heterocycles. The smallest absolute Gasteiger partial charge is 0.323 e. The maximum absolute atomic E-state index is 12.7. The van der Waals surface area contributed by atoms with Crippen LogP contribution in [-0.2, 0) is 11.4 Å². The molecule has 2 aromatic rings. The van der Waals surface area contributed by atoms with Gasteiger partial charge in [0.1, 0.15) is 18.9 Å². The van der Waals surface area contributed by atoms with Gasteiger partial charge in [-0.15, -0.1) is 0 Å². The number of amides is 1. The van der Waals surface area contributed by atoms with E-state index >= 15 is 0 Å². The van der Waals surface area contributed by atoms with Crippen LogP contribution in [0.2, 0.25) is 0 Å². The molecule has 0 aliphatic heterocycles. The molecule has 6 heteroatoms. The van der Waals surface area contributed by atoms with Gasteiger partial charge in [0.2, 0.25) is 0 Å². The van der Waals surface area contributed by atoms with E-state index in [1.807, 2.05) is 26.0 Å². The van der Waals surface area contributed by atoms with Gasteiger partial charge in [0.05, 0.1) is 0 Å². The van der Waals surface area contributed by atoms with Crippen molar-refractivity contribution < 1.29 is 19.4 Å². The van der Waals surface area contributed by atoms with Crippen molar-refractivity contribution in [2.45, 2.75) is 32.9 Å². The number of carboxylic acid groups (broad SMARTS) is 1. The highest BCUT2D eigenvalue weighted by molar-refractivity contribution is 5.96. The molecule has 1 N–H and O–H groups in total. The summed E-state index contributed by atoms with van der Waals surface area (Å²) in [6.45, 7) is 3.77. The summed E-state index contributed by atoms with van der Waals surface area (Å²) in [7, 11) is 0. The normalized spacial score (nSPS) is 11.6. The van der Waals surface area contributed by atoms with Crippen LogP contribution in [0.5, 0.6) is 5.75 Å². The Hall–Kier alpha value is -2.89. The molecular weight excluding hydrogens is 320 g/mol. The van der Waals surface area contributed by atoms with Crippen LogP contribution in [0, 0.1) is 0 Å². The molecular formula is C19H22N2O4. The minimum Gasteiger partial charge on any atom is -0.489 e. The summed E-state index contributed by atoms with van der Waals surface area (Å²) in [6, 6.07) is 10.4. The first-order valence-corrected chi connectivity index (χ1v) is 8.15. The zero-order valence-electron chi connectivity index (χ0n) is 14.4. The molecule has 1 amide bonds. The Kier molecular flexibility index (Phi) is 6.51. The molecule has 1 atom stereocenters. The van der Waals surface area contributed by atoms with Crippen molar-refractivity contribution in [1.82, 2.24) is 9.88 Å². The van der Waals surface area contributed by atoms with Crippen LogP contribution in [0.25, 0.3) is 0 Å². The second kappa shape index (κ2) is 8.82. The van der Waals surface area contributed by atoms with E-state index in [9.17, 15) is 9.59 Å². The predicted molar refractivity (Wildman–Crippen MR) is 93.4 cm³/mol. The number of carbonyl (C=O) groups excluding carboxylic acids is 1. The van der Waals surface area contributed by atoms with Crippen molar-refractivity contribution in [2.75, 3.05) is 6.54 Å². The topological polar surface area (TPSA) is 79.7 Å². The number of rotatable bonds is 8. The van der Waals surface area contributed by atoms with Crippen molar-refractivity contribution in [3.63, 3.8) is 0 Å². The highest BCUT2D eigenvalue weighted by atomic mass is 16.5. The first-order chi connectivity index (χ1) is 12.0. The molecule has 2 rings (SSSR count). The van der Waals surface area contributed by atoms with Gasteiger partial charge in [0.15, 0.2) is 0 Å². The molecule has 1 heterocycles. The van der Waals surface area contributed by atoms with Gasteiger partial charge in [-0.05, 0) is 37.6 Å². The third-order valence-corrected chi connectivity index (χ3v) is 3.90. The van der Waals surface area contributed by atoms with Crippen LogP contribution in [0.4, 0.5) is 0 Å². The maximum Gasteiger partial charge on any atom is 0.323 e. The van der Waals surface area contributed by atoms with Gasteiger partial charge >= 0.3 is 5.97 Å². The number of nitrogens with zero attached hydrogens (tertiary/aromatic N) is 2. The van der Waals surface area contributed by atoms with E-state index in [4.69, 9.17) is 9.84 Å². The lowest BCUT2D eigenvalue weighted by Crippen LogP contribution is -2.41. The number of pyridine rings is 1. The summed E-state index contributed by atoms with van der Waals surface area (Å²) < 4.78 is 5.70. The molecule has 0 aliphatic carbocycles. The zero-order valence-corrected chi connectivity index (χ0v) is 14.4. The van der Waals surface area contributed by atoms with E-state index in [1.54, 1.807) is 36.7 Å². The molecule has 1 unspecified atom stereocenters. The molecule has 0 radical (unpaired) electrons. The van der Waals surface area contributed by atoms with E-state index in [-0.39, 0.29) is 18.5 Å². The standard InChI is InChI=1S/C19H22N2O4/c1-3-14(2)21(12-18(22)23)19(24)16-7-4-8-17(10-16)25-13-15-6-5-9-20-11-15/h4-11,14H,3,12-13H2,1-2H3,(H,22,23). The molecule has 0 fully saturated rings. The van der Waals surface area contributed by atoms with Crippen molar-refractivity contribution in [3.05, 3.63) is 59.9 Å². The quantitative estimate of drug-likeness (QED) is 0.798. The van der Waals surface area contributed by atoms with Crippen molar-refractivity contribution in [2.24, 2.45) is 0 Å². The SMILES string of the molecule is CCC(C)N(CC(=O)O)C(=O)c1cccc(OCc2cccnc2)c1. The van der Waals surface area contributed by atoms with Crippen molar-refractivity contribution >= 4 is 11.9 Å². The molecule has 1 aromatic carbocycles. The fraction of sp³-hybridized carbons (Fsp3) is 0.316. The zero-order chi connectivity index (χ0) is 18.2. The van der Waals surface area contributed by atoms with E-state index in [1.165, 1.54) is 4.90 Å².